The quantitative estimate of drug-likeness (QED) is 0.843. The van der Waals surface area contributed by atoms with E-state index in [-0.39, 0.29) is 6.61 Å². The maximum absolute atomic E-state index is 12.9. The van der Waals surface area contributed by atoms with Gasteiger partial charge in [-0.1, -0.05) is 35.9 Å². The molecule has 3 nitrogen and oxygen atoms in total. The minimum atomic E-state index is -5.13. The van der Waals surface area contributed by atoms with Crippen LogP contribution >= 0.6 is 11.6 Å². The van der Waals surface area contributed by atoms with Crippen molar-refractivity contribution in [2.75, 3.05) is 6.61 Å². The van der Waals surface area contributed by atoms with Crippen LogP contribution in [0.25, 0.3) is 6.08 Å². The molecular formula is C14H14ClF3O3. The molecule has 1 aromatic rings. The minimum absolute atomic E-state index is 0.255. The number of hydrogen-bond acceptors (Lipinski definition) is 3. The van der Waals surface area contributed by atoms with Crippen molar-refractivity contribution in [3.8, 4) is 0 Å². The number of hydrogen-bond donors (Lipinski definition) is 1. The Morgan fingerprint density at radius 2 is 2.10 bits per heavy atom. The number of benzene rings is 1. The van der Waals surface area contributed by atoms with Gasteiger partial charge in [0.25, 0.3) is 5.60 Å². The highest BCUT2D eigenvalue weighted by Gasteiger charge is 2.59. The molecule has 0 bridgehead atoms. The maximum atomic E-state index is 12.9. The van der Waals surface area contributed by atoms with Crippen LogP contribution in [0.15, 0.2) is 30.3 Å². The number of rotatable bonds is 5. The molecule has 7 heteroatoms. The van der Waals surface area contributed by atoms with Crippen molar-refractivity contribution in [2.24, 2.45) is 0 Å². The first-order valence-corrected chi connectivity index (χ1v) is 6.47. The van der Waals surface area contributed by atoms with E-state index >= 15 is 0 Å². The van der Waals surface area contributed by atoms with E-state index in [2.05, 4.69) is 4.74 Å². The first-order chi connectivity index (χ1) is 9.70. The van der Waals surface area contributed by atoms with Crippen LogP contribution < -0.4 is 0 Å². The summed E-state index contributed by atoms with van der Waals surface area (Å²) in [4.78, 5) is 11.4. The second kappa shape index (κ2) is 6.95. The Hall–Kier alpha value is -1.53. The first kappa shape index (κ1) is 17.5. The van der Waals surface area contributed by atoms with Crippen molar-refractivity contribution in [3.05, 3.63) is 40.9 Å². The SMILES string of the molecule is CCOC(=O)[C@](O)(C/C=C/c1cccc(Cl)c1)C(F)(F)F. The van der Waals surface area contributed by atoms with E-state index < -0.39 is 24.2 Å². The Balaban J connectivity index is 2.90. The van der Waals surface area contributed by atoms with Crippen LogP contribution in [0.2, 0.25) is 5.02 Å². The zero-order chi connectivity index (χ0) is 16.1. The van der Waals surface area contributed by atoms with Crippen molar-refractivity contribution < 1.29 is 27.8 Å². The van der Waals surface area contributed by atoms with E-state index in [0.717, 1.165) is 6.08 Å². The number of halogens is 4. The van der Waals surface area contributed by atoms with Gasteiger partial charge in [-0.3, -0.25) is 0 Å². The van der Waals surface area contributed by atoms with Gasteiger partial charge in [-0.15, -0.1) is 0 Å². The lowest BCUT2D eigenvalue weighted by Crippen LogP contribution is -2.52. The van der Waals surface area contributed by atoms with Gasteiger partial charge in [-0.25, -0.2) is 4.79 Å². The molecule has 1 aromatic carbocycles. The summed E-state index contributed by atoms with van der Waals surface area (Å²) in [5.41, 5.74) is -3.01. The number of alkyl halides is 3. The standard InChI is InChI=1S/C14H14ClF3O3/c1-2-21-12(19)13(20,14(16,17)18)8-4-6-10-5-3-7-11(15)9-10/h3-7,9,20H,2,8H2,1H3/b6-4+/t13-/m1/s1. The summed E-state index contributed by atoms with van der Waals surface area (Å²) in [5.74, 6) is -1.71. The monoisotopic (exact) mass is 322 g/mol. The Kier molecular flexibility index (Phi) is 5.80. The minimum Gasteiger partial charge on any atom is -0.464 e. The third-order valence-electron chi connectivity index (χ3n) is 2.65. The highest BCUT2D eigenvalue weighted by atomic mass is 35.5. The maximum Gasteiger partial charge on any atom is 0.428 e. The van der Waals surface area contributed by atoms with Crippen LogP contribution in [0.4, 0.5) is 13.2 Å². The van der Waals surface area contributed by atoms with Crippen molar-refractivity contribution in [1.82, 2.24) is 0 Å². The van der Waals surface area contributed by atoms with E-state index in [9.17, 15) is 23.1 Å². The van der Waals surface area contributed by atoms with E-state index in [1.165, 1.54) is 19.1 Å². The molecule has 0 heterocycles. The third-order valence-corrected chi connectivity index (χ3v) is 2.89. The van der Waals surface area contributed by atoms with Crippen molar-refractivity contribution in [3.63, 3.8) is 0 Å². The molecule has 1 atom stereocenters. The zero-order valence-corrected chi connectivity index (χ0v) is 11.9. The molecule has 1 rings (SSSR count). The van der Waals surface area contributed by atoms with Gasteiger partial charge < -0.3 is 9.84 Å². The Bertz CT molecular complexity index is 528. The zero-order valence-electron chi connectivity index (χ0n) is 11.2. The average Bonchev–Trinajstić information content (AvgIpc) is 2.37. The van der Waals surface area contributed by atoms with Crippen LogP contribution in [-0.4, -0.2) is 29.5 Å². The molecule has 0 saturated heterocycles. The fourth-order valence-electron chi connectivity index (χ4n) is 1.54. The highest BCUT2D eigenvalue weighted by Crippen LogP contribution is 2.35. The average molecular weight is 323 g/mol. The van der Waals surface area contributed by atoms with Gasteiger partial charge in [0.1, 0.15) is 0 Å². The summed E-state index contributed by atoms with van der Waals surface area (Å²) in [5, 5.41) is 10.0. The smallest absolute Gasteiger partial charge is 0.428 e. The molecule has 0 aromatic heterocycles. The normalized spacial score (nSPS) is 15.0. The summed E-state index contributed by atoms with van der Waals surface area (Å²) >= 11 is 5.74. The Morgan fingerprint density at radius 1 is 1.43 bits per heavy atom. The summed E-state index contributed by atoms with van der Waals surface area (Å²) in [7, 11) is 0. The molecule has 116 valence electrons. The fourth-order valence-corrected chi connectivity index (χ4v) is 1.74. The van der Waals surface area contributed by atoms with Gasteiger partial charge in [0.2, 0.25) is 0 Å². The molecule has 0 fully saturated rings. The van der Waals surface area contributed by atoms with E-state index in [1.54, 1.807) is 18.2 Å². The number of ether oxygens (including phenoxy) is 1. The van der Waals surface area contributed by atoms with Crippen LogP contribution in [0.3, 0.4) is 0 Å². The largest absolute Gasteiger partial charge is 0.464 e. The predicted molar refractivity (Wildman–Crippen MR) is 72.7 cm³/mol. The predicted octanol–water partition coefficient (Wildman–Crippen LogP) is 3.60. The number of aliphatic hydroxyl groups is 1. The van der Waals surface area contributed by atoms with E-state index in [4.69, 9.17) is 11.6 Å². The van der Waals surface area contributed by atoms with Gasteiger partial charge >= 0.3 is 12.1 Å². The second-order valence-corrected chi connectivity index (χ2v) is 4.68. The van der Waals surface area contributed by atoms with E-state index in [1.807, 2.05) is 0 Å². The molecule has 21 heavy (non-hydrogen) atoms. The molecular weight excluding hydrogens is 309 g/mol. The lowest BCUT2D eigenvalue weighted by atomic mass is 9.98. The van der Waals surface area contributed by atoms with Crippen molar-refractivity contribution >= 4 is 23.6 Å². The number of carbonyl (C=O) groups excluding carboxylic acids is 1. The van der Waals surface area contributed by atoms with E-state index in [0.29, 0.717) is 10.6 Å². The lowest BCUT2D eigenvalue weighted by Gasteiger charge is -2.26. The third kappa shape index (κ3) is 4.47. The molecule has 0 aliphatic carbocycles. The second-order valence-electron chi connectivity index (χ2n) is 4.24. The van der Waals surface area contributed by atoms with Gasteiger partial charge in [-0.05, 0) is 24.6 Å². The van der Waals surface area contributed by atoms with Crippen LogP contribution in [0.1, 0.15) is 18.9 Å². The van der Waals surface area contributed by atoms with Crippen LogP contribution in [0.5, 0.6) is 0 Å². The summed E-state index contributed by atoms with van der Waals surface area (Å²) in [6.07, 6.45) is -3.68. The van der Waals surface area contributed by atoms with Gasteiger partial charge in [0.05, 0.1) is 6.61 Å². The Labute approximate surface area is 125 Å². The van der Waals surface area contributed by atoms with Crippen molar-refractivity contribution in [1.29, 1.82) is 0 Å². The first-order valence-electron chi connectivity index (χ1n) is 6.09. The topological polar surface area (TPSA) is 46.5 Å². The van der Waals surface area contributed by atoms with Crippen LogP contribution in [-0.2, 0) is 9.53 Å². The molecule has 0 aliphatic rings. The summed E-state index contributed by atoms with van der Waals surface area (Å²) in [6, 6.07) is 6.40. The molecule has 0 aliphatic heterocycles. The van der Waals surface area contributed by atoms with Crippen molar-refractivity contribution in [2.45, 2.75) is 25.1 Å². The summed E-state index contributed by atoms with van der Waals surface area (Å²) < 4.78 is 42.9. The summed E-state index contributed by atoms with van der Waals surface area (Å²) in [6.45, 7) is 1.10. The molecule has 0 unspecified atom stereocenters. The van der Waals surface area contributed by atoms with Crippen LogP contribution in [0, 0.1) is 0 Å². The molecule has 0 saturated carbocycles. The molecule has 0 spiro atoms. The highest BCUT2D eigenvalue weighted by molar-refractivity contribution is 6.30. The van der Waals surface area contributed by atoms with Gasteiger partial charge in [-0.2, -0.15) is 13.2 Å². The lowest BCUT2D eigenvalue weighted by molar-refractivity contribution is -0.261. The fraction of sp³-hybridized carbons (Fsp3) is 0.357. The van der Waals surface area contributed by atoms with Gasteiger partial charge in [0.15, 0.2) is 0 Å². The molecule has 0 radical (unpaired) electrons. The number of carbonyl (C=O) groups is 1. The Morgan fingerprint density at radius 3 is 2.62 bits per heavy atom. The molecule has 1 N–H and O–H groups in total. The van der Waals surface area contributed by atoms with Gasteiger partial charge in [0, 0.05) is 11.4 Å². The molecule has 0 amide bonds. The number of esters is 1.